The topological polar surface area (TPSA) is 17.1 Å². The summed E-state index contributed by atoms with van der Waals surface area (Å²) in [7, 11) is 0. The molecule has 0 saturated heterocycles. The second-order valence-electron chi connectivity index (χ2n) is 4.08. The molecule has 1 heterocycles. The van der Waals surface area contributed by atoms with E-state index in [1.807, 2.05) is 6.07 Å². The zero-order valence-corrected chi connectivity index (χ0v) is 10.7. The number of hydrogen-bond donors (Lipinski definition) is 0. The van der Waals surface area contributed by atoms with Crippen LogP contribution in [0.25, 0.3) is 0 Å². The minimum atomic E-state index is 0.326. The normalized spacial score (nSPS) is 10.6. The number of rotatable bonds is 6. The molecule has 1 nitrogen and oxygen atoms in total. The van der Waals surface area contributed by atoms with Gasteiger partial charge in [-0.3, -0.25) is 4.79 Å². The Morgan fingerprint density at radius 3 is 2.53 bits per heavy atom. The molecule has 2 heteroatoms. The van der Waals surface area contributed by atoms with Gasteiger partial charge >= 0.3 is 0 Å². The predicted octanol–water partition coefficient (Wildman–Crippen LogP) is 4.52. The number of unbranched alkanes of at least 4 members (excludes halogenated alkanes) is 3. The summed E-state index contributed by atoms with van der Waals surface area (Å²) in [5.74, 6) is 0.326. The molecule has 1 rings (SSSR count). The van der Waals surface area contributed by atoms with Gasteiger partial charge < -0.3 is 0 Å². The SMILES string of the molecule is CCCCCCC(=O)c1cc(C)c(C)s1. The molecule has 0 aromatic carbocycles. The van der Waals surface area contributed by atoms with Gasteiger partial charge in [-0.25, -0.2) is 0 Å². The number of thiophene rings is 1. The average molecular weight is 224 g/mol. The van der Waals surface area contributed by atoms with Crippen molar-refractivity contribution in [1.29, 1.82) is 0 Å². The van der Waals surface area contributed by atoms with E-state index < -0.39 is 0 Å². The van der Waals surface area contributed by atoms with E-state index in [0.717, 1.165) is 17.7 Å². The van der Waals surface area contributed by atoms with Gasteiger partial charge in [0.05, 0.1) is 4.88 Å². The molecule has 0 unspecified atom stereocenters. The van der Waals surface area contributed by atoms with Gasteiger partial charge in [-0.2, -0.15) is 0 Å². The summed E-state index contributed by atoms with van der Waals surface area (Å²) in [6.45, 7) is 6.33. The Morgan fingerprint density at radius 2 is 2.00 bits per heavy atom. The summed E-state index contributed by atoms with van der Waals surface area (Å²) in [5.41, 5.74) is 1.25. The van der Waals surface area contributed by atoms with Crippen molar-refractivity contribution in [2.24, 2.45) is 0 Å². The Hall–Kier alpha value is -0.630. The molecular weight excluding hydrogens is 204 g/mol. The molecule has 0 radical (unpaired) electrons. The summed E-state index contributed by atoms with van der Waals surface area (Å²) in [5, 5.41) is 0. The maximum Gasteiger partial charge on any atom is 0.172 e. The highest BCUT2D eigenvalue weighted by Crippen LogP contribution is 2.22. The predicted molar refractivity (Wildman–Crippen MR) is 66.9 cm³/mol. The molecule has 0 saturated carbocycles. The molecular formula is C13H20OS. The fourth-order valence-electron chi connectivity index (χ4n) is 1.55. The van der Waals surface area contributed by atoms with Gasteiger partial charge in [0.2, 0.25) is 0 Å². The van der Waals surface area contributed by atoms with Crippen LogP contribution >= 0.6 is 11.3 Å². The molecule has 0 spiro atoms. The lowest BCUT2D eigenvalue weighted by Crippen LogP contribution is -1.95. The first-order valence-corrected chi connectivity index (χ1v) is 6.57. The Balaban J connectivity index is 2.40. The lowest BCUT2D eigenvalue weighted by atomic mass is 10.1. The van der Waals surface area contributed by atoms with E-state index in [1.165, 1.54) is 29.7 Å². The molecule has 0 bridgehead atoms. The van der Waals surface area contributed by atoms with Gasteiger partial charge in [0, 0.05) is 11.3 Å². The minimum Gasteiger partial charge on any atom is -0.293 e. The summed E-state index contributed by atoms with van der Waals surface area (Å²) >= 11 is 1.64. The highest BCUT2D eigenvalue weighted by Gasteiger charge is 2.09. The van der Waals surface area contributed by atoms with Gasteiger partial charge in [0.25, 0.3) is 0 Å². The molecule has 0 aliphatic heterocycles. The standard InChI is InChI=1S/C13H20OS/c1-4-5-6-7-8-12(14)13-9-10(2)11(3)15-13/h9H,4-8H2,1-3H3. The van der Waals surface area contributed by atoms with Crippen molar-refractivity contribution < 1.29 is 4.79 Å². The Morgan fingerprint density at radius 1 is 1.27 bits per heavy atom. The van der Waals surface area contributed by atoms with Crippen LogP contribution in [0.4, 0.5) is 0 Å². The van der Waals surface area contributed by atoms with E-state index in [4.69, 9.17) is 0 Å². The first-order valence-electron chi connectivity index (χ1n) is 5.75. The third kappa shape index (κ3) is 3.78. The van der Waals surface area contributed by atoms with Gasteiger partial charge in [0.15, 0.2) is 5.78 Å². The molecule has 84 valence electrons. The second-order valence-corrected chi connectivity index (χ2v) is 5.34. The largest absolute Gasteiger partial charge is 0.293 e. The van der Waals surface area contributed by atoms with Gasteiger partial charge in [-0.15, -0.1) is 11.3 Å². The van der Waals surface area contributed by atoms with Crippen LogP contribution in [0.2, 0.25) is 0 Å². The molecule has 1 aromatic rings. The highest BCUT2D eigenvalue weighted by atomic mass is 32.1. The third-order valence-corrected chi connectivity index (χ3v) is 3.89. The number of carbonyl (C=O) groups excluding carboxylic acids is 1. The lowest BCUT2D eigenvalue weighted by Gasteiger charge is -1.97. The Kier molecular flexibility index (Phi) is 5.03. The molecule has 0 aliphatic rings. The molecule has 1 aromatic heterocycles. The molecule has 0 fully saturated rings. The average Bonchev–Trinajstić information content (AvgIpc) is 2.54. The maximum absolute atomic E-state index is 11.8. The first-order chi connectivity index (χ1) is 7.15. The fraction of sp³-hybridized carbons (Fsp3) is 0.615. The van der Waals surface area contributed by atoms with Gasteiger partial charge in [0.1, 0.15) is 0 Å². The van der Waals surface area contributed by atoms with Crippen molar-refractivity contribution in [3.63, 3.8) is 0 Å². The number of Topliss-reactive ketones (excluding diaryl/α,β-unsaturated/α-hetero) is 1. The lowest BCUT2D eigenvalue weighted by molar-refractivity contribution is 0.0983. The van der Waals surface area contributed by atoms with Crippen LogP contribution < -0.4 is 0 Å². The van der Waals surface area contributed by atoms with E-state index in [9.17, 15) is 4.79 Å². The van der Waals surface area contributed by atoms with Crippen LogP contribution in [-0.4, -0.2) is 5.78 Å². The van der Waals surface area contributed by atoms with E-state index in [0.29, 0.717) is 5.78 Å². The van der Waals surface area contributed by atoms with Crippen LogP contribution in [0.15, 0.2) is 6.07 Å². The van der Waals surface area contributed by atoms with E-state index in [-0.39, 0.29) is 0 Å². The van der Waals surface area contributed by atoms with Gasteiger partial charge in [-0.1, -0.05) is 26.2 Å². The van der Waals surface area contributed by atoms with Crippen molar-refractivity contribution in [1.82, 2.24) is 0 Å². The van der Waals surface area contributed by atoms with E-state index >= 15 is 0 Å². The third-order valence-electron chi connectivity index (χ3n) is 2.70. The van der Waals surface area contributed by atoms with Crippen LogP contribution in [-0.2, 0) is 0 Å². The summed E-state index contributed by atoms with van der Waals surface area (Å²) in [6.07, 6.45) is 5.43. The van der Waals surface area contributed by atoms with Crippen molar-refractivity contribution in [3.05, 3.63) is 21.4 Å². The number of carbonyl (C=O) groups is 1. The van der Waals surface area contributed by atoms with Crippen molar-refractivity contribution >= 4 is 17.1 Å². The molecule has 0 atom stereocenters. The van der Waals surface area contributed by atoms with Crippen LogP contribution in [0.5, 0.6) is 0 Å². The molecule has 0 amide bonds. The number of hydrogen-bond acceptors (Lipinski definition) is 2. The Bertz CT molecular complexity index is 306. The van der Waals surface area contributed by atoms with E-state index in [2.05, 4.69) is 20.8 Å². The summed E-state index contributed by atoms with van der Waals surface area (Å²) in [6, 6.07) is 2.03. The minimum absolute atomic E-state index is 0.326. The smallest absolute Gasteiger partial charge is 0.172 e. The first kappa shape index (κ1) is 12.4. The van der Waals surface area contributed by atoms with Crippen LogP contribution in [0.3, 0.4) is 0 Å². The van der Waals surface area contributed by atoms with Crippen molar-refractivity contribution in [2.45, 2.75) is 52.9 Å². The van der Waals surface area contributed by atoms with Crippen molar-refractivity contribution in [2.75, 3.05) is 0 Å². The zero-order valence-electron chi connectivity index (χ0n) is 9.93. The zero-order chi connectivity index (χ0) is 11.3. The fourth-order valence-corrected chi connectivity index (χ4v) is 2.55. The molecule has 15 heavy (non-hydrogen) atoms. The molecule has 0 N–H and O–H groups in total. The van der Waals surface area contributed by atoms with E-state index in [1.54, 1.807) is 11.3 Å². The number of aryl methyl sites for hydroxylation is 2. The quantitative estimate of drug-likeness (QED) is 0.513. The van der Waals surface area contributed by atoms with Crippen LogP contribution in [0.1, 0.15) is 59.1 Å². The van der Waals surface area contributed by atoms with Crippen molar-refractivity contribution in [3.8, 4) is 0 Å². The van der Waals surface area contributed by atoms with Crippen LogP contribution in [0, 0.1) is 13.8 Å². The Labute approximate surface area is 96.5 Å². The number of ketones is 1. The second kappa shape index (κ2) is 6.06. The summed E-state index contributed by atoms with van der Waals surface area (Å²) < 4.78 is 0. The maximum atomic E-state index is 11.8. The highest BCUT2D eigenvalue weighted by molar-refractivity contribution is 7.14. The summed E-state index contributed by atoms with van der Waals surface area (Å²) in [4.78, 5) is 14.0. The van der Waals surface area contributed by atoms with Gasteiger partial charge in [-0.05, 0) is 31.9 Å². The monoisotopic (exact) mass is 224 g/mol. The molecule has 0 aliphatic carbocycles.